The first-order chi connectivity index (χ1) is 10.9. The van der Waals surface area contributed by atoms with Crippen molar-refractivity contribution in [3.63, 3.8) is 0 Å². The van der Waals surface area contributed by atoms with E-state index in [9.17, 15) is 4.79 Å². The fourth-order valence-electron chi connectivity index (χ4n) is 3.91. The summed E-state index contributed by atoms with van der Waals surface area (Å²) in [5.74, 6) is 2.14. The van der Waals surface area contributed by atoms with Crippen LogP contribution in [0.25, 0.3) is 0 Å². The molecule has 1 saturated carbocycles. The van der Waals surface area contributed by atoms with Crippen molar-refractivity contribution in [1.29, 1.82) is 0 Å². The van der Waals surface area contributed by atoms with Crippen LogP contribution >= 0.6 is 0 Å². The van der Waals surface area contributed by atoms with Gasteiger partial charge < -0.3 is 9.47 Å². The van der Waals surface area contributed by atoms with Crippen LogP contribution in [0.2, 0.25) is 0 Å². The molecule has 0 saturated heterocycles. The molecule has 3 nitrogen and oxygen atoms in total. The van der Waals surface area contributed by atoms with Gasteiger partial charge in [-0.1, -0.05) is 18.9 Å². The van der Waals surface area contributed by atoms with Crippen LogP contribution in [0.15, 0.2) is 18.2 Å². The third kappa shape index (κ3) is 3.70. The predicted octanol–water partition coefficient (Wildman–Crippen LogP) is 4.83. The van der Waals surface area contributed by atoms with Crippen LogP contribution in [0.3, 0.4) is 0 Å². The van der Waals surface area contributed by atoms with Crippen molar-refractivity contribution >= 4 is 5.97 Å². The van der Waals surface area contributed by atoms with Crippen molar-refractivity contribution in [1.82, 2.24) is 0 Å². The average Bonchev–Trinajstić information content (AvgIpc) is 2.53. The number of hydrogen-bond acceptors (Lipinski definition) is 3. The number of esters is 1. The van der Waals surface area contributed by atoms with E-state index in [1.54, 1.807) is 0 Å². The molecule has 1 fully saturated rings. The van der Waals surface area contributed by atoms with Gasteiger partial charge in [0.25, 0.3) is 0 Å². The summed E-state index contributed by atoms with van der Waals surface area (Å²) >= 11 is 0. The Hall–Kier alpha value is -1.51. The molecule has 0 aliphatic heterocycles. The van der Waals surface area contributed by atoms with Gasteiger partial charge in [0, 0.05) is 0 Å². The largest absolute Gasteiger partial charge is 0.457 e. The van der Waals surface area contributed by atoms with Crippen molar-refractivity contribution < 1.29 is 14.3 Å². The van der Waals surface area contributed by atoms with Crippen LogP contribution in [0.1, 0.15) is 69.9 Å². The second kappa shape index (κ2) is 6.54. The van der Waals surface area contributed by atoms with Crippen LogP contribution in [-0.4, -0.2) is 12.8 Å². The van der Waals surface area contributed by atoms with E-state index in [1.807, 2.05) is 26.8 Å². The van der Waals surface area contributed by atoms with E-state index in [0.717, 1.165) is 11.7 Å². The molecule has 1 aromatic carbocycles. The molecule has 23 heavy (non-hydrogen) atoms. The highest BCUT2D eigenvalue weighted by Gasteiger charge is 2.31. The number of benzene rings is 1. The minimum atomic E-state index is -0.492. The predicted molar refractivity (Wildman–Crippen MR) is 90.5 cm³/mol. The Balaban J connectivity index is 1.65. The SMILES string of the molecule is CC(C)(C)C(=O)OCOc1ccc2c(c1)C1CCCCC1CC2. The zero-order valence-corrected chi connectivity index (χ0v) is 14.6. The van der Waals surface area contributed by atoms with Crippen LogP contribution < -0.4 is 4.74 Å². The van der Waals surface area contributed by atoms with E-state index in [0.29, 0.717) is 5.92 Å². The number of carbonyl (C=O) groups excluding carboxylic acids is 1. The topological polar surface area (TPSA) is 35.5 Å². The van der Waals surface area contributed by atoms with Gasteiger partial charge in [-0.2, -0.15) is 0 Å². The monoisotopic (exact) mass is 316 g/mol. The van der Waals surface area contributed by atoms with Gasteiger partial charge in [0.15, 0.2) is 0 Å². The third-order valence-electron chi connectivity index (χ3n) is 5.24. The molecule has 0 N–H and O–H groups in total. The summed E-state index contributed by atoms with van der Waals surface area (Å²) < 4.78 is 10.9. The van der Waals surface area contributed by atoms with E-state index in [-0.39, 0.29) is 12.8 Å². The second-order valence-electron chi connectivity index (χ2n) is 7.99. The molecule has 2 aliphatic rings. The second-order valence-corrected chi connectivity index (χ2v) is 7.99. The fourth-order valence-corrected chi connectivity index (χ4v) is 3.91. The van der Waals surface area contributed by atoms with Crippen LogP contribution in [-0.2, 0) is 16.0 Å². The Kier molecular flexibility index (Phi) is 4.65. The van der Waals surface area contributed by atoms with E-state index in [4.69, 9.17) is 9.47 Å². The Morgan fingerprint density at radius 3 is 2.74 bits per heavy atom. The van der Waals surface area contributed by atoms with E-state index >= 15 is 0 Å². The summed E-state index contributed by atoms with van der Waals surface area (Å²) in [7, 11) is 0. The van der Waals surface area contributed by atoms with Gasteiger partial charge in [-0.15, -0.1) is 0 Å². The summed E-state index contributed by atoms with van der Waals surface area (Å²) in [5.41, 5.74) is 2.46. The highest BCUT2D eigenvalue weighted by Crippen LogP contribution is 2.45. The van der Waals surface area contributed by atoms with Crippen LogP contribution in [0.5, 0.6) is 5.75 Å². The smallest absolute Gasteiger partial charge is 0.314 e. The normalized spacial score (nSPS) is 23.6. The van der Waals surface area contributed by atoms with Gasteiger partial charge in [0.2, 0.25) is 6.79 Å². The van der Waals surface area contributed by atoms with Crippen LogP contribution in [0, 0.1) is 11.3 Å². The summed E-state index contributed by atoms with van der Waals surface area (Å²) in [6.45, 7) is 5.52. The summed E-state index contributed by atoms with van der Waals surface area (Å²) in [6.07, 6.45) is 7.93. The maximum atomic E-state index is 11.8. The maximum Gasteiger partial charge on any atom is 0.314 e. The summed E-state index contributed by atoms with van der Waals surface area (Å²) in [4.78, 5) is 11.8. The van der Waals surface area contributed by atoms with E-state index in [2.05, 4.69) is 12.1 Å². The molecule has 1 aromatic rings. The first kappa shape index (κ1) is 16.4. The van der Waals surface area contributed by atoms with Crippen molar-refractivity contribution in [2.75, 3.05) is 6.79 Å². The molecular weight excluding hydrogens is 288 g/mol. The van der Waals surface area contributed by atoms with Gasteiger partial charge in [0.05, 0.1) is 5.41 Å². The molecule has 0 bridgehead atoms. The lowest BCUT2D eigenvalue weighted by Gasteiger charge is -2.37. The summed E-state index contributed by atoms with van der Waals surface area (Å²) in [5, 5.41) is 0. The van der Waals surface area contributed by atoms with Crippen LogP contribution in [0.4, 0.5) is 0 Å². The number of fused-ring (bicyclic) bond motifs is 3. The maximum absolute atomic E-state index is 11.8. The highest BCUT2D eigenvalue weighted by molar-refractivity contribution is 5.75. The average molecular weight is 316 g/mol. The Morgan fingerprint density at radius 2 is 1.96 bits per heavy atom. The number of rotatable bonds is 3. The Labute approximate surface area is 139 Å². The molecular formula is C20H28O3. The lowest BCUT2D eigenvalue weighted by atomic mass is 9.68. The first-order valence-electron chi connectivity index (χ1n) is 8.88. The van der Waals surface area contributed by atoms with Crippen molar-refractivity contribution in [2.45, 2.75) is 65.2 Å². The molecule has 0 amide bonds. The molecule has 3 rings (SSSR count). The van der Waals surface area contributed by atoms with Crippen molar-refractivity contribution in [2.24, 2.45) is 11.3 Å². The van der Waals surface area contributed by atoms with Crippen molar-refractivity contribution in [3.8, 4) is 5.75 Å². The van der Waals surface area contributed by atoms with E-state index < -0.39 is 5.41 Å². The number of ether oxygens (including phenoxy) is 2. The highest BCUT2D eigenvalue weighted by atomic mass is 16.7. The Morgan fingerprint density at radius 1 is 1.17 bits per heavy atom. The summed E-state index contributed by atoms with van der Waals surface area (Å²) in [6, 6.07) is 6.39. The molecule has 0 spiro atoms. The minimum Gasteiger partial charge on any atom is -0.457 e. The molecule has 2 unspecified atom stereocenters. The molecule has 0 radical (unpaired) electrons. The number of carbonyl (C=O) groups is 1. The molecule has 0 heterocycles. The van der Waals surface area contributed by atoms with Crippen molar-refractivity contribution in [3.05, 3.63) is 29.3 Å². The number of hydrogen-bond donors (Lipinski definition) is 0. The van der Waals surface area contributed by atoms with Gasteiger partial charge >= 0.3 is 5.97 Å². The lowest BCUT2D eigenvalue weighted by Crippen LogP contribution is -2.25. The first-order valence-corrected chi connectivity index (χ1v) is 8.88. The molecule has 126 valence electrons. The van der Waals surface area contributed by atoms with Gasteiger partial charge in [-0.3, -0.25) is 4.79 Å². The van der Waals surface area contributed by atoms with Gasteiger partial charge in [-0.05, 0) is 81.5 Å². The lowest BCUT2D eigenvalue weighted by molar-refractivity contribution is -0.159. The molecule has 3 heteroatoms. The standard InChI is InChI=1S/C20H28O3/c1-20(2,3)19(21)23-13-22-16-11-10-15-9-8-14-6-4-5-7-17(14)18(15)12-16/h10-12,14,17H,4-9,13H2,1-3H3. The number of aryl methyl sites for hydroxylation is 1. The molecule has 2 aliphatic carbocycles. The van der Waals surface area contributed by atoms with Gasteiger partial charge in [-0.25, -0.2) is 0 Å². The fraction of sp³-hybridized carbons (Fsp3) is 0.650. The third-order valence-corrected chi connectivity index (χ3v) is 5.24. The molecule has 2 atom stereocenters. The zero-order valence-electron chi connectivity index (χ0n) is 14.6. The zero-order chi connectivity index (χ0) is 16.4. The quantitative estimate of drug-likeness (QED) is 0.592. The Bertz CT molecular complexity index is 571. The van der Waals surface area contributed by atoms with E-state index in [1.165, 1.54) is 49.7 Å². The molecule has 0 aromatic heterocycles. The minimum absolute atomic E-state index is 0.0109. The van der Waals surface area contributed by atoms with Gasteiger partial charge in [0.1, 0.15) is 5.75 Å².